The van der Waals surface area contributed by atoms with Crippen LogP contribution in [0.3, 0.4) is 0 Å². The van der Waals surface area contributed by atoms with Crippen LogP contribution >= 0.6 is 0 Å². The molecule has 0 saturated heterocycles. The molecule has 1 heterocycles. The molecular weight excluding hydrogens is 343 g/mol. The maximum Gasteiger partial charge on any atom is 0.416 e. The molecule has 2 aromatic carbocycles. The van der Waals surface area contributed by atoms with E-state index in [9.17, 15) is 18.0 Å². The van der Waals surface area contributed by atoms with Gasteiger partial charge in [0.25, 0.3) is 5.91 Å². The molecule has 26 heavy (non-hydrogen) atoms. The number of nitrogens with one attached hydrogen (secondary N) is 1. The maximum absolute atomic E-state index is 12.5. The summed E-state index contributed by atoms with van der Waals surface area (Å²) in [6.07, 6.45) is -0.243. The van der Waals surface area contributed by atoms with Crippen LogP contribution in [0.4, 0.5) is 13.2 Å². The van der Waals surface area contributed by atoms with Crippen molar-refractivity contribution in [1.29, 1.82) is 0 Å². The quantitative estimate of drug-likeness (QED) is 0.752. The first-order valence-corrected chi connectivity index (χ1v) is 7.98. The van der Waals surface area contributed by atoms with Gasteiger partial charge in [-0.15, -0.1) is 0 Å². The van der Waals surface area contributed by atoms with Crippen LogP contribution in [0.15, 0.2) is 67.0 Å². The molecule has 134 valence electrons. The normalized spacial score (nSPS) is 11.3. The zero-order valence-corrected chi connectivity index (χ0v) is 13.7. The van der Waals surface area contributed by atoms with E-state index in [4.69, 9.17) is 0 Å². The molecule has 3 aromatic rings. The molecule has 1 amide bonds. The van der Waals surface area contributed by atoms with E-state index in [1.807, 2.05) is 36.5 Å². The molecule has 0 fully saturated rings. The van der Waals surface area contributed by atoms with Gasteiger partial charge >= 0.3 is 6.18 Å². The Hall–Kier alpha value is -3.09. The molecule has 1 aromatic heterocycles. The molecule has 0 radical (unpaired) electrons. The summed E-state index contributed by atoms with van der Waals surface area (Å²) in [6, 6.07) is 13.8. The first kappa shape index (κ1) is 17.7. The molecule has 0 aliphatic heterocycles. The number of halogens is 3. The maximum atomic E-state index is 12.5. The van der Waals surface area contributed by atoms with E-state index in [-0.39, 0.29) is 5.56 Å². The highest BCUT2D eigenvalue weighted by molar-refractivity contribution is 5.94. The van der Waals surface area contributed by atoms with Crippen LogP contribution in [0.5, 0.6) is 0 Å². The second-order valence-corrected chi connectivity index (χ2v) is 5.70. The van der Waals surface area contributed by atoms with Gasteiger partial charge in [-0.25, -0.2) is 4.68 Å². The average molecular weight is 359 g/mol. The third-order valence-corrected chi connectivity index (χ3v) is 3.88. The van der Waals surface area contributed by atoms with Gasteiger partial charge in [-0.3, -0.25) is 4.79 Å². The molecule has 0 saturated carbocycles. The van der Waals surface area contributed by atoms with Crippen molar-refractivity contribution >= 4 is 5.91 Å². The highest BCUT2D eigenvalue weighted by Gasteiger charge is 2.30. The number of carbonyl (C=O) groups excluding carboxylic acids is 1. The lowest BCUT2D eigenvalue weighted by molar-refractivity contribution is -0.137. The number of hydrogen-bond donors (Lipinski definition) is 1. The van der Waals surface area contributed by atoms with Crippen molar-refractivity contribution in [3.05, 3.63) is 83.7 Å². The molecule has 0 aliphatic rings. The number of alkyl halides is 3. The van der Waals surface area contributed by atoms with Crippen LogP contribution < -0.4 is 5.32 Å². The number of nitrogens with zero attached hydrogens (tertiary/aromatic N) is 2. The van der Waals surface area contributed by atoms with Crippen LogP contribution in [0.25, 0.3) is 5.69 Å². The molecule has 0 aliphatic carbocycles. The van der Waals surface area contributed by atoms with Crippen LogP contribution in [0, 0.1) is 0 Å². The Morgan fingerprint density at radius 3 is 2.31 bits per heavy atom. The van der Waals surface area contributed by atoms with Gasteiger partial charge in [0, 0.05) is 24.5 Å². The second-order valence-electron chi connectivity index (χ2n) is 5.70. The molecule has 1 N–H and O–H groups in total. The highest BCUT2D eigenvalue weighted by atomic mass is 19.4. The fourth-order valence-corrected chi connectivity index (χ4v) is 2.47. The van der Waals surface area contributed by atoms with E-state index in [0.29, 0.717) is 13.0 Å². The number of hydrogen-bond acceptors (Lipinski definition) is 2. The van der Waals surface area contributed by atoms with E-state index in [1.165, 1.54) is 12.1 Å². The van der Waals surface area contributed by atoms with E-state index < -0.39 is 17.6 Å². The van der Waals surface area contributed by atoms with Crippen LogP contribution in [0.2, 0.25) is 0 Å². The standard InChI is InChI=1S/C19H16F3N3O/c20-19(21,22)16-6-4-15(5-7-16)18(26)23-12-10-14-2-8-17(9-3-14)25-13-1-11-24-25/h1-9,11,13H,10,12H2,(H,23,26). The van der Waals surface area contributed by atoms with E-state index >= 15 is 0 Å². The van der Waals surface area contributed by atoms with Crippen molar-refractivity contribution in [3.63, 3.8) is 0 Å². The van der Waals surface area contributed by atoms with Gasteiger partial charge in [-0.1, -0.05) is 12.1 Å². The number of rotatable bonds is 5. The molecule has 0 atom stereocenters. The topological polar surface area (TPSA) is 46.9 Å². The lowest BCUT2D eigenvalue weighted by Gasteiger charge is -2.09. The Labute approximate surface area is 148 Å². The van der Waals surface area contributed by atoms with E-state index in [1.54, 1.807) is 10.9 Å². The largest absolute Gasteiger partial charge is 0.416 e. The van der Waals surface area contributed by atoms with Crippen molar-refractivity contribution < 1.29 is 18.0 Å². The monoisotopic (exact) mass is 359 g/mol. The van der Waals surface area contributed by atoms with Crippen LogP contribution in [-0.2, 0) is 12.6 Å². The number of benzene rings is 2. The molecule has 3 rings (SSSR count). The molecule has 0 unspecified atom stereocenters. The van der Waals surface area contributed by atoms with Gasteiger partial charge < -0.3 is 5.32 Å². The van der Waals surface area contributed by atoms with Crippen LogP contribution in [-0.4, -0.2) is 22.2 Å². The molecular formula is C19H16F3N3O. The molecule has 0 spiro atoms. The minimum Gasteiger partial charge on any atom is -0.352 e. The Morgan fingerprint density at radius 1 is 1.04 bits per heavy atom. The number of amides is 1. The van der Waals surface area contributed by atoms with E-state index in [0.717, 1.165) is 23.4 Å². The molecule has 4 nitrogen and oxygen atoms in total. The Bertz CT molecular complexity index is 855. The van der Waals surface area contributed by atoms with E-state index in [2.05, 4.69) is 10.4 Å². The Morgan fingerprint density at radius 2 is 1.73 bits per heavy atom. The Balaban J connectivity index is 1.52. The van der Waals surface area contributed by atoms with Crippen molar-refractivity contribution in [2.75, 3.05) is 6.54 Å². The summed E-state index contributed by atoms with van der Waals surface area (Å²) in [5.41, 5.74) is 1.40. The fourth-order valence-electron chi connectivity index (χ4n) is 2.47. The smallest absolute Gasteiger partial charge is 0.352 e. The summed E-state index contributed by atoms with van der Waals surface area (Å²) in [5.74, 6) is -0.396. The SMILES string of the molecule is O=C(NCCc1ccc(-n2cccn2)cc1)c1ccc(C(F)(F)F)cc1. The van der Waals surface area contributed by atoms with Gasteiger partial charge in [0.15, 0.2) is 0 Å². The Kier molecular flexibility index (Phi) is 5.06. The van der Waals surface area contributed by atoms with Gasteiger partial charge in [-0.05, 0) is 54.4 Å². The summed E-state index contributed by atoms with van der Waals surface area (Å²) >= 11 is 0. The average Bonchev–Trinajstić information content (AvgIpc) is 3.16. The summed E-state index contributed by atoms with van der Waals surface area (Å²) in [4.78, 5) is 12.0. The minimum absolute atomic E-state index is 0.201. The summed E-state index contributed by atoms with van der Waals surface area (Å²) in [5, 5.41) is 6.86. The summed E-state index contributed by atoms with van der Waals surface area (Å²) in [6.45, 7) is 0.390. The summed E-state index contributed by atoms with van der Waals surface area (Å²) < 4.78 is 39.3. The second kappa shape index (κ2) is 7.43. The predicted octanol–water partition coefficient (Wildman–Crippen LogP) is 3.86. The van der Waals surface area contributed by atoms with Crippen molar-refractivity contribution in [1.82, 2.24) is 15.1 Å². The third kappa shape index (κ3) is 4.30. The van der Waals surface area contributed by atoms with Crippen molar-refractivity contribution in [2.45, 2.75) is 12.6 Å². The lowest BCUT2D eigenvalue weighted by Crippen LogP contribution is -2.25. The fraction of sp³-hybridized carbons (Fsp3) is 0.158. The first-order valence-electron chi connectivity index (χ1n) is 7.98. The predicted molar refractivity (Wildman–Crippen MR) is 91.0 cm³/mol. The number of aromatic nitrogens is 2. The third-order valence-electron chi connectivity index (χ3n) is 3.88. The first-order chi connectivity index (χ1) is 12.4. The lowest BCUT2D eigenvalue weighted by atomic mass is 10.1. The van der Waals surface area contributed by atoms with Crippen LogP contribution in [0.1, 0.15) is 21.5 Å². The summed E-state index contributed by atoms with van der Waals surface area (Å²) in [7, 11) is 0. The number of carbonyl (C=O) groups is 1. The molecule has 0 bridgehead atoms. The van der Waals surface area contributed by atoms with Crippen molar-refractivity contribution in [3.8, 4) is 5.69 Å². The minimum atomic E-state index is -4.41. The zero-order chi connectivity index (χ0) is 18.6. The van der Waals surface area contributed by atoms with Gasteiger partial charge in [-0.2, -0.15) is 18.3 Å². The van der Waals surface area contributed by atoms with Crippen molar-refractivity contribution in [2.24, 2.45) is 0 Å². The van der Waals surface area contributed by atoms with Gasteiger partial charge in [0.05, 0.1) is 11.3 Å². The van der Waals surface area contributed by atoms with Gasteiger partial charge in [0.2, 0.25) is 0 Å². The highest BCUT2D eigenvalue weighted by Crippen LogP contribution is 2.29. The van der Waals surface area contributed by atoms with Gasteiger partial charge in [0.1, 0.15) is 0 Å². The zero-order valence-electron chi connectivity index (χ0n) is 13.7. The molecule has 7 heteroatoms.